The van der Waals surface area contributed by atoms with E-state index in [-0.39, 0.29) is 37.1 Å². The molecule has 0 aliphatic heterocycles. The zero-order valence-corrected chi connectivity index (χ0v) is 13.1. The lowest BCUT2D eigenvalue weighted by molar-refractivity contribution is -0.122. The number of benzene rings is 1. The lowest BCUT2D eigenvalue weighted by Gasteiger charge is -2.11. The Bertz CT molecular complexity index is 714. The fourth-order valence-electron chi connectivity index (χ4n) is 1.91. The molecule has 2 rings (SSSR count). The van der Waals surface area contributed by atoms with Gasteiger partial charge in [0.05, 0.1) is 23.8 Å². The highest BCUT2D eigenvalue weighted by molar-refractivity contribution is 9.10. The smallest absolute Gasteiger partial charge is 0.261 e. The minimum atomic E-state index is -0.292. The largest absolute Gasteiger partial charge is 0.394 e. The van der Waals surface area contributed by atoms with Crippen LogP contribution >= 0.6 is 15.9 Å². The third-order valence-corrected chi connectivity index (χ3v) is 3.54. The molecule has 21 heavy (non-hydrogen) atoms. The number of hydrogen-bond acceptors (Lipinski definition) is 4. The number of hydrogen-bond donors (Lipinski definition) is 2. The molecule has 1 aromatic carbocycles. The number of halogens is 1. The number of carbonyl (C=O) groups is 1. The van der Waals surface area contributed by atoms with Crippen LogP contribution in [0, 0.1) is 0 Å². The van der Waals surface area contributed by atoms with Crippen molar-refractivity contribution >= 4 is 32.7 Å². The predicted octanol–water partition coefficient (Wildman–Crippen LogP) is 1.05. The summed E-state index contributed by atoms with van der Waals surface area (Å²) in [6.07, 6.45) is 1.60. The van der Waals surface area contributed by atoms with E-state index < -0.39 is 0 Å². The molecule has 1 atom stereocenters. The van der Waals surface area contributed by atoms with Gasteiger partial charge in [0.25, 0.3) is 5.56 Å². The van der Waals surface area contributed by atoms with Crippen LogP contribution in [0.4, 0.5) is 0 Å². The summed E-state index contributed by atoms with van der Waals surface area (Å²) in [5, 5.41) is 12.0. The Morgan fingerprint density at radius 2 is 2.29 bits per heavy atom. The SMILES string of the molecule is CC(CO)NC(=O)CCn1cnc2ccc(Br)cc2c1=O. The normalized spacial score (nSPS) is 12.3. The molecule has 0 aliphatic rings. The van der Waals surface area contributed by atoms with Crippen LogP contribution in [-0.2, 0) is 11.3 Å². The van der Waals surface area contributed by atoms with Gasteiger partial charge < -0.3 is 10.4 Å². The summed E-state index contributed by atoms with van der Waals surface area (Å²) >= 11 is 3.32. The summed E-state index contributed by atoms with van der Waals surface area (Å²) in [6.45, 7) is 1.84. The van der Waals surface area contributed by atoms with Crippen molar-refractivity contribution in [1.29, 1.82) is 0 Å². The van der Waals surface area contributed by atoms with Gasteiger partial charge >= 0.3 is 0 Å². The molecule has 112 valence electrons. The predicted molar refractivity (Wildman–Crippen MR) is 83.0 cm³/mol. The summed E-state index contributed by atoms with van der Waals surface area (Å²) in [5.41, 5.74) is 0.446. The van der Waals surface area contributed by atoms with E-state index >= 15 is 0 Å². The first-order valence-electron chi connectivity index (χ1n) is 6.56. The van der Waals surface area contributed by atoms with Crippen LogP contribution in [0.1, 0.15) is 13.3 Å². The number of rotatable bonds is 5. The molecule has 6 nitrogen and oxygen atoms in total. The molecule has 0 radical (unpaired) electrons. The highest BCUT2D eigenvalue weighted by atomic mass is 79.9. The summed E-state index contributed by atoms with van der Waals surface area (Å²) in [6, 6.07) is 5.01. The molecule has 2 N–H and O–H groups in total. The highest BCUT2D eigenvalue weighted by Gasteiger charge is 2.09. The number of aliphatic hydroxyl groups is 1. The first kappa shape index (κ1) is 15.7. The van der Waals surface area contributed by atoms with Crippen molar-refractivity contribution < 1.29 is 9.90 Å². The molecule has 1 unspecified atom stereocenters. The van der Waals surface area contributed by atoms with E-state index in [1.54, 1.807) is 19.1 Å². The Kier molecular flexibility index (Phi) is 5.08. The molecule has 0 saturated carbocycles. The molecule has 0 bridgehead atoms. The summed E-state index contributed by atoms with van der Waals surface area (Å²) in [5.74, 6) is -0.210. The third kappa shape index (κ3) is 3.89. The van der Waals surface area contributed by atoms with Crippen LogP contribution in [0.3, 0.4) is 0 Å². The maximum atomic E-state index is 12.3. The molecule has 1 amide bonds. The fourth-order valence-corrected chi connectivity index (χ4v) is 2.27. The van der Waals surface area contributed by atoms with E-state index in [9.17, 15) is 9.59 Å². The van der Waals surface area contributed by atoms with Gasteiger partial charge in [0, 0.05) is 23.5 Å². The van der Waals surface area contributed by atoms with Crippen molar-refractivity contribution in [3.8, 4) is 0 Å². The monoisotopic (exact) mass is 353 g/mol. The zero-order chi connectivity index (χ0) is 15.4. The maximum absolute atomic E-state index is 12.3. The van der Waals surface area contributed by atoms with E-state index in [1.165, 1.54) is 10.9 Å². The van der Waals surface area contributed by atoms with Gasteiger partial charge in [-0.1, -0.05) is 15.9 Å². The van der Waals surface area contributed by atoms with Crippen molar-refractivity contribution in [1.82, 2.24) is 14.9 Å². The fraction of sp³-hybridized carbons (Fsp3) is 0.357. The molecule has 0 aliphatic carbocycles. The van der Waals surface area contributed by atoms with Crippen LogP contribution < -0.4 is 10.9 Å². The Balaban J connectivity index is 2.14. The summed E-state index contributed by atoms with van der Waals surface area (Å²) in [7, 11) is 0. The van der Waals surface area contributed by atoms with Gasteiger partial charge in [-0.25, -0.2) is 4.98 Å². The molecule has 0 fully saturated rings. The van der Waals surface area contributed by atoms with Gasteiger partial charge in [0.15, 0.2) is 0 Å². The van der Waals surface area contributed by atoms with Crippen molar-refractivity contribution in [2.75, 3.05) is 6.61 Å². The van der Waals surface area contributed by atoms with Crippen LogP contribution in [0.15, 0.2) is 33.8 Å². The Labute approximate surface area is 129 Å². The molecule has 1 aromatic heterocycles. The van der Waals surface area contributed by atoms with E-state index in [2.05, 4.69) is 26.2 Å². The first-order valence-corrected chi connectivity index (χ1v) is 7.35. The second kappa shape index (κ2) is 6.82. The van der Waals surface area contributed by atoms with Crippen LogP contribution in [0.25, 0.3) is 10.9 Å². The Hall–Kier alpha value is -1.73. The Morgan fingerprint density at radius 1 is 1.52 bits per heavy atom. The van der Waals surface area contributed by atoms with Gasteiger partial charge in [0.1, 0.15) is 0 Å². The number of fused-ring (bicyclic) bond motifs is 1. The Morgan fingerprint density at radius 3 is 3.00 bits per heavy atom. The van der Waals surface area contributed by atoms with E-state index in [1.807, 2.05) is 6.07 Å². The molecular formula is C14H16BrN3O3. The quantitative estimate of drug-likeness (QED) is 0.841. The molecular weight excluding hydrogens is 338 g/mol. The number of aliphatic hydroxyl groups excluding tert-OH is 1. The average Bonchev–Trinajstić information content (AvgIpc) is 2.47. The van der Waals surface area contributed by atoms with Crippen LogP contribution in [-0.4, -0.2) is 33.2 Å². The number of carbonyl (C=O) groups excluding carboxylic acids is 1. The zero-order valence-electron chi connectivity index (χ0n) is 11.5. The molecule has 7 heteroatoms. The molecule has 0 saturated heterocycles. The lowest BCUT2D eigenvalue weighted by Crippen LogP contribution is -2.36. The number of nitrogens with zero attached hydrogens (tertiary/aromatic N) is 2. The van der Waals surface area contributed by atoms with Gasteiger partial charge in [-0.3, -0.25) is 14.2 Å². The number of nitrogens with one attached hydrogen (secondary N) is 1. The van der Waals surface area contributed by atoms with E-state index in [0.29, 0.717) is 10.9 Å². The molecule has 1 heterocycles. The van der Waals surface area contributed by atoms with Crippen molar-refractivity contribution in [2.45, 2.75) is 25.9 Å². The standard InChI is InChI=1S/C14H16BrN3O3/c1-9(7-19)17-13(20)4-5-18-8-16-12-3-2-10(15)6-11(12)14(18)21/h2-3,6,8-9,19H,4-5,7H2,1H3,(H,17,20). The minimum absolute atomic E-state index is 0.114. The second-order valence-electron chi connectivity index (χ2n) is 4.81. The van der Waals surface area contributed by atoms with E-state index in [0.717, 1.165) is 4.47 Å². The molecule has 0 spiro atoms. The average molecular weight is 354 g/mol. The van der Waals surface area contributed by atoms with Crippen LogP contribution in [0.5, 0.6) is 0 Å². The summed E-state index contributed by atoms with van der Waals surface area (Å²) < 4.78 is 2.22. The van der Waals surface area contributed by atoms with Gasteiger partial charge in [-0.15, -0.1) is 0 Å². The minimum Gasteiger partial charge on any atom is -0.394 e. The van der Waals surface area contributed by atoms with Crippen molar-refractivity contribution in [3.05, 3.63) is 39.4 Å². The van der Waals surface area contributed by atoms with Gasteiger partial charge in [-0.05, 0) is 25.1 Å². The highest BCUT2D eigenvalue weighted by Crippen LogP contribution is 2.14. The molecule has 2 aromatic rings. The van der Waals surface area contributed by atoms with Crippen molar-refractivity contribution in [3.63, 3.8) is 0 Å². The van der Waals surface area contributed by atoms with E-state index in [4.69, 9.17) is 5.11 Å². The third-order valence-electron chi connectivity index (χ3n) is 3.05. The van der Waals surface area contributed by atoms with Crippen molar-refractivity contribution in [2.24, 2.45) is 0 Å². The van der Waals surface area contributed by atoms with Gasteiger partial charge in [0.2, 0.25) is 5.91 Å². The first-order chi connectivity index (χ1) is 10.0. The topological polar surface area (TPSA) is 84.2 Å². The maximum Gasteiger partial charge on any atom is 0.261 e. The summed E-state index contributed by atoms with van der Waals surface area (Å²) in [4.78, 5) is 28.2. The number of amides is 1. The van der Waals surface area contributed by atoms with Crippen LogP contribution in [0.2, 0.25) is 0 Å². The number of aryl methyl sites for hydroxylation is 1. The number of aromatic nitrogens is 2. The second-order valence-corrected chi connectivity index (χ2v) is 5.72. The lowest BCUT2D eigenvalue weighted by atomic mass is 10.2. The van der Waals surface area contributed by atoms with Gasteiger partial charge in [-0.2, -0.15) is 0 Å².